The molecule has 2 aliphatic carbocycles. The van der Waals surface area contributed by atoms with Crippen LogP contribution in [0.25, 0.3) is 28.1 Å². The van der Waals surface area contributed by atoms with Crippen LogP contribution in [-0.4, -0.2) is 20.6 Å². The summed E-state index contributed by atoms with van der Waals surface area (Å²) in [5.74, 6) is 0. The summed E-state index contributed by atoms with van der Waals surface area (Å²) in [6.45, 7) is 0. The third kappa shape index (κ3) is 4.12. The van der Waals surface area contributed by atoms with Gasteiger partial charge in [0.1, 0.15) is 0 Å². The van der Waals surface area contributed by atoms with E-state index in [0.29, 0.717) is 11.1 Å². The molecule has 33 heavy (non-hydrogen) atoms. The molecule has 2 aromatic carbocycles. The lowest BCUT2D eigenvalue weighted by Gasteiger charge is -2.20. The van der Waals surface area contributed by atoms with Crippen LogP contribution in [0, 0.1) is 0 Å². The second-order valence-corrected chi connectivity index (χ2v) is 9.50. The lowest BCUT2D eigenvalue weighted by atomic mass is 10.1. The summed E-state index contributed by atoms with van der Waals surface area (Å²) < 4.78 is 3.14. The maximum absolute atomic E-state index is 6.18. The van der Waals surface area contributed by atoms with Gasteiger partial charge in [0, 0.05) is 21.4 Å². The van der Waals surface area contributed by atoms with Crippen LogP contribution in [0.5, 0.6) is 0 Å². The van der Waals surface area contributed by atoms with Gasteiger partial charge in [0.15, 0.2) is 0 Å². The van der Waals surface area contributed by atoms with Gasteiger partial charge in [0.25, 0.3) is 0 Å². The fourth-order valence-corrected chi connectivity index (χ4v) is 4.44. The monoisotopic (exact) mass is 515 g/mol. The Balaban J connectivity index is 1.63. The molecule has 1 aliphatic heterocycles. The van der Waals surface area contributed by atoms with Gasteiger partial charge >= 0.3 is 0 Å². The second-order valence-electron chi connectivity index (χ2n) is 8.15. The molecule has 1 aromatic heterocycles. The number of nitrogens with zero attached hydrogens (tertiary/aromatic N) is 4. The van der Waals surface area contributed by atoms with Gasteiger partial charge in [-0.1, -0.05) is 23.7 Å². The summed E-state index contributed by atoms with van der Waals surface area (Å²) in [6, 6.07) is 22.7. The molecule has 1 fully saturated rings. The zero-order valence-electron chi connectivity index (χ0n) is 17.5. The number of hydrogen-bond donors (Lipinski definition) is 1. The molecule has 3 aliphatic rings. The number of aromatic nitrogens is 3. The standard InChI is InChI=1S/C26H19BrClN5/c27-16-11-19(15-29-14-16)31-22-12-24-26(13-23(22)30-18-7-8-18)33(20-9-5-17(28)6-10-20)25-4-2-1-3-21(25)32-24/h1-6,9-15,18,31H,7-8H2/b30-23+. The van der Waals surface area contributed by atoms with Crippen molar-refractivity contribution in [1.82, 2.24) is 14.5 Å². The van der Waals surface area contributed by atoms with E-state index in [4.69, 9.17) is 21.6 Å². The molecular formula is C26H19BrClN5. The average Bonchev–Trinajstić information content (AvgIpc) is 3.63. The molecule has 1 N–H and O–H groups in total. The molecule has 2 heterocycles. The molecule has 1 saturated carbocycles. The Labute approximate surface area is 204 Å². The highest BCUT2D eigenvalue weighted by Gasteiger charge is 2.22. The Hall–Kier alpha value is -3.22. The highest BCUT2D eigenvalue weighted by atomic mass is 79.9. The molecule has 5 nitrogen and oxygen atoms in total. The Morgan fingerprint density at radius 1 is 1.00 bits per heavy atom. The fraction of sp³-hybridized carbons (Fsp3) is 0.115. The number of benzene rings is 3. The van der Waals surface area contributed by atoms with Crippen molar-refractivity contribution in [3.05, 3.63) is 94.0 Å². The highest BCUT2D eigenvalue weighted by molar-refractivity contribution is 9.10. The lowest BCUT2D eigenvalue weighted by Crippen LogP contribution is -2.15. The zero-order valence-corrected chi connectivity index (χ0v) is 19.9. The van der Waals surface area contributed by atoms with Crippen molar-refractivity contribution < 1.29 is 0 Å². The van der Waals surface area contributed by atoms with Crippen molar-refractivity contribution in [3.63, 3.8) is 0 Å². The summed E-state index contributed by atoms with van der Waals surface area (Å²) >= 11 is 9.68. The van der Waals surface area contributed by atoms with Crippen LogP contribution >= 0.6 is 27.5 Å². The number of anilines is 2. The van der Waals surface area contributed by atoms with Gasteiger partial charge < -0.3 is 9.88 Å². The van der Waals surface area contributed by atoms with Crippen molar-refractivity contribution in [1.29, 1.82) is 0 Å². The third-order valence-corrected chi connectivity index (χ3v) is 6.32. The highest BCUT2D eigenvalue weighted by Crippen LogP contribution is 2.31. The van der Waals surface area contributed by atoms with E-state index in [-0.39, 0.29) is 0 Å². The molecule has 162 valence electrons. The molecule has 0 bridgehead atoms. The van der Waals surface area contributed by atoms with Crippen molar-refractivity contribution in [2.45, 2.75) is 18.9 Å². The van der Waals surface area contributed by atoms with Crippen LogP contribution in [0.15, 0.2) is 88.6 Å². The number of hydrogen-bond acceptors (Lipinski definition) is 4. The van der Waals surface area contributed by atoms with Crippen molar-refractivity contribution in [2.75, 3.05) is 5.32 Å². The molecule has 7 heteroatoms. The SMILES string of the molecule is Clc1ccc(-n2c3c/c(=N\C4CC4)c(Nc4cncc(Br)c4)cc-3nc3ccccc32)cc1. The first kappa shape index (κ1) is 20.4. The lowest BCUT2D eigenvalue weighted by molar-refractivity contribution is 0.997. The van der Waals surface area contributed by atoms with E-state index in [9.17, 15) is 0 Å². The molecule has 0 unspecified atom stereocenters. The summed E-state index contributed by atoms with van der Waals surface area (Å²) in [7, 11) is 0. The summed E-state index contributed by atoms with van der Waals surface area (Å²) in [5, 5.41) is 5.13. The largest absolute Gasteiger partial charge is 0.352 e. The van der Waals surface area contributed by atoms with Crippen LogP contribution < -0.4 is 10.7 Å². The Morgan fingerprint density at radius 2 is 1.82 bits per heavy atom. The summed E-state index contributed by atoms with van der Waals surface area (Å²) in [4.78, 5) is 14.3. The van der Waals surface area contributed by atoms with E-state index >= 15 is 0 Å². The molecule has 6 rings (SSSR count). The maximum atomic E-state index is 6.18. The first-order chi connectivity index (χ1) is 16.1. The van der Waals surface area contributed by atoms with E-state index in [1.165, 1.54) is 0 Å². The number of halogens is 2. The number of rotatable bonds is 4. The predicted octanol–water partition coefficient (Wildman–Crippen LogP) is 6.75. The molecule has 0 atom stereocenters. The zero-order chi connectivity index (χ0) is 22.4. The molecular weight excluding hydrogens is 498 g/mol. The normalized spacial score (nSPS) is 14.2. The molecule has 0 radical (unpaired) electrons. The van der Waals surface area contributed by atoms with Crippen molar-refractivity contribution in [3.8, 4) is 17.1 Å². The smallest absolute Gasteiger partial charge is 0.0900 e. The Kier molecular flexibility index (Phi) is 5.12. The Morgan fingerprint density at radius 3 is 2.61 bits per heavy atom. The Bertz CT molecular complexity index is 1520. The first-order valence-corrected chi connectivity index (χ1v) is 11.9. The van der Waals surface area contributed by atoms with E-state index in [1.54, 1.807) is 12.4 Å². The molecule has 3 aromatic rings. The van der Waals surface area contributed by atoms with Gasteiger partial charge in [-0.3, -0.25) is 9.98 Å². The van der Waals surface area contributed by atoms with Gasteiger partial charge in [-0.25, -0.2) is 4.98 Å². The molecule has 0 saturated heterocycles. The number of nitrogens with one attached hydrogen (secondary N) is 1. The van der Waals surface area contributed by atoms with E-state index < -0.39 is 0 Å². The van der Waals surface area contributed by atoms with Gasteiger partial charge in [0.2, 0.25) is 0 Å². The van der Waals surface area contributed by atoms with Crippen LogP contribution in [0.1, 0.15) is 12.8 Å². The summed E-state index contributed by atoms with van der Waals surface area (Å²) in [5.41, 5.74) is 6.65. The number of para-hydroxylation sites is 2. The van der Waals surface area contributed by atoms with Crippen LogP contribution in [0.3, 0.4) is 0 Å². The predicted molar refractivity (Wildman–Crippen MR) is 137 cm³/mol. The average molecular weight is 517 g/mol. The summed E-state index contributed by atoms with van der Waals surface area (Å²) in [6.07, 6.45) is 5.83. The first-order valence-electron chi connectivity index (χ1n) is 10.8. The second kappa shape index (κ2) is 8.28. The maximum Gasteiger partial charge on any atom is 0.0900 e. The number of pyridine rings is 1. The van der Waals surface area contributed by atoms with Crippen molar-refractivity contribution >= 4 is 49.9 Å². The van der Waals surface area contributed by atoms with E-state index in [1.807, 2.05) is 48.5 Å². The van der Waals surface area contributed by atoms with Gasteiger partial charge in [-0.15, -0.1) is 0 Å². The number of fused-ring (bicyclic) bond motifs is 2. The minimum atomic E-state index is 0.376. The molecule has 0 spiro atoms. The topological polar surface area (TPSA) is 55.1 Å². The van der Waals surface area contributed by atoms with E-state index in [2.05, 4.69) is 49.0 Å². The van der Waals surface area contributed by atoms with Crippen LogP contribution in [-0.2, 0) is 0 Å². The van der Waals surface area contributed by atoms with E-state index in [0.717, 1.165) is 62.2 Å². The van der Waals surface area contributed by atoms with Crippen LogP contribution in [0.2, 0.25) is 5.02 Å². The minimum absolute atomic E-state index is 0.376. The quantitative estimate of drug-likeness (QED) is 0.269. The van der Waals surface area contributed by atoms with Gasteiger partial charge in [-0.05, 0) is 83.4 Å². The van der Waals surface area contributed by atoms with Gasteiger partial charge in [0.05, 0.1) is 51.4 Å². The van der Waals surface area contributed by atoms with Crippen molar-refractivity contribution in [2.24, 2.45) is 4.99 Å². The minimum Gasteiger partial charge on any atom is -0.352 e. The van der Waals surface area contributed by atoms with Gasteiger partial charge in [-0.2, -0.15) is 0 Å². The molecule has 0 amide bonds. The third-order valence-electron chi connectivity index (χ3n) is 5.63. The van der Waals surface area contributed by atoms with Crippen LogP contribution in [0.4, 0.5) is 11.4 Å². The fourth-order valence-electron chi connectivity index (χ4n) is 3.95.